The van der Waals surface area contributed by atoms with Gasteiger partial charge in [0.05, 0.1) is 12.7 Å². The molecule has 0 fully saturated rings. The maximum atomic E-state index is 12.6. The van der Waals surface area contributed by atoms with E-state index in [2.05, 4.69) is 0 Å². The highest BCUT2D eigenvalue weighted by Crippen LogP contribution is 2.36. The monoisotopic (exact) mass is 426 g/mol. The number of rotatable bonds is 5. The maximum absolute atomic E-state index is 12.6. The maximum Gasteiger partial charge on any atom is 0.231 e. The van der Waals surface area contributed by atoms with Gasteiger partial charge in [0, 0.05) is 21.7 Å². The molecule has 4 rings (SSSR count). The molecule has 0 saturated heterocycles. The first-order valence-electron chi connectivity index (χ1n) is 8.83. The minimum Gasteiger partial charge on any atom is -0.496 e. The van der Waals surface area contributed by atoms with Gasteiger partial charge in [-0.1, -0.05) is 47.5 Å². The van der Waals surface area contributed by atoms with Crippen molar-refractivity contribution in [2.24, 2.45) is 0 Å². The van der Waals surface area contributed by atoms with E-state index in [0.29, 0.717) is 39.3 Å². The summed E-state index contributed by atoms with van der Waals surface area (Å²) in [6.45, 7) is 0.333. The number of para-hydroxylation sites is 1. The van der Waals surface area contributed by atoms with Crippen LogP contribution in [0.25, 0.3) is 6.08 Å². The summed E-state index contributed by atoms with van der Waals surface area (Å²) < 4.78 is 16.9. The third-order valence-corrected chi connectivity index (χ3v) is 5.04. The number of carbonyl (C=O) groups is 1. The van der Waals surface area contributed by atoms with E-state index in [1.54, 1.807) is 49.6 Å². The number of ether oxygens (including phenoxy) is 3. The van der Waals surface area contributed by atoms with E-state index >= 15 is 0 Å². The molecule has 1 aliphatic rings. The number of methoxy groups -OCH3 is 1. The van der Waals surface area contributed by atoms with Gasteiger partial charge in [-0.3, -0.25) is 4.79 Å². The lowest BCUT2D eigenvalue weighted by molar-refractivity contribution is 0.101. The molecule has 0 spiro atoms. The molecule has 0 radical (unpaired) electrons. The van der Waals surface area contributed by atoms with Crippen LogP contribution in [-0.2, 0) is 6.61 Å². The molecular weight excluding hydrogens is 411 g/mol. The molecule has 0 saturated carbocycles. The summed E-state index contributed by atoms with van der Waals surface area (Å²) in [7, 11) is 1.62. The molecule has 0 bridgehead atoms. The van der Waals surface area contributed by atoms with Crippen LogP contribution in [0.3, 0.4) is 0 Å². The first-order chi connectivity index (χ1) is 14.0. The van der Waals surface area contributed by atoms with Crippen LogP contribution >= 0.6 is 23.2 Å². The van der Waals surface area contributed by atoms with Crippen molar-refractivity contribution in [3.05, 3.63) is 93.2 Å². The SMILES string of the molecule is COc1ccccc1COc1ccc2c(c1)O/C(=C\c1ccc(Cl)cc1Cl)C2=O. The standard InChI is InChI=1S/C23H16Cl2O4/c1-27-20-5-3-2-4-15(20)13-28-17-8-9-18-21(12-17)29-22(23(18)26)10-14-6-7-16(24)11-19(14)25/h2-12H,13H2,1H3/b22-10-. The fourth-order valence-electron chi connectivity index (χ4n) is 3.00. The van der Waals surface area contributed by atoms with Crippen molar-refractivity contribution >= 4 is 35.1 Å². The van der Waals surface area contributed by atoms with Crippen LogP contribution in [0.15, 0.2) is 66.4 Å². The predicted molar refractivity (Wildman–Crippen MR) is 113 cm³/mol. The number of benzene rings is 3. The Kier molecular flexibility index (Phi) is 5.47. The number of carbonyl (C=O) groups excluding carboxylic acids is 1. The molecule has 0 unspecified atom stereocenters. The average Bonchev–Trinajstić information content (AvgIpc) is 3.03. The van der Waals surface area contributed by atoms with E-state index in [0.717, 1.165) is 11.3 Å². The zero-order chi connectivity index (χ0) is 20.4. The first-order valence-corrected chi connectivity index (χ1v) is 9.59. The molecule has 0 atom stereocenters. The molecule has 3 aromatic carbocycles. The zero-order valence-corrected chi connectivity index (χ0v) is 17.0. The van der Waals surface area contributed by atoms with E-state index in [9.17, 15) is 4.79 Å². The molecule has 0 N–H and O–H groups in total. The van der Waals surface area contributed by atoms with Crippen molar-refractivity contribution in [2.75, 3.05) is 7.11 Å². The van der Waals surface area contributed by atoms with Crippen molar-refractivity contribution in [3.8, 4) is 17.2 Å². The summed E-state index contributed by atoms with van der Waals surface area (Å²) in [4.78, 5) is 12.6. The van der Waals surface area contributed by atoms with Crippen molar-refractivity contribution in [3.63, 3.8) is 0 Å². The largest absolute Gasteiger partial charge is 0.496 e. The second-order valence-electron chi connectivity index (χ2n) is 6.36. The van der Waals surface area contributed by atoms with Gasteiger partial charge in [-0.2, -0.15) is 0 Å². The van der Waals surface area contributed by atoms with Crippen molar-refractivity contribution in [1.82, 2.24) is 0 Å². The molecule has 0 aliphatic carbocycles. The summed E-state index contributed by atoms with van der Waals surface area (Å²) in [5.41, 5.74) is 2.05. The Bertz CT molecular complexity index is 1120. The third kappa shape index (κ3) is 4.09. The van der Waals surface area contributed by atoms with E-state index in [-0.39, 0.29) is 11.5 Å². The zero-order valence-electron chi connectivity index (χ0n) is 15.4. The minimum absolute atomic E-state index is 0.200. The smallest absolute Gasteiger partial charge is 0.231 e. The van der Waals surface area contributed by atoms with Gasteiger partial charge in [0.15, 0.2) is 5.76 Å². The van der Waals surface area contributed by atoms with Gasteiger partial charge in [-0.15, -0.1) is 0 Å². The number of allylic oxidation sites excluding steroid dienone is 1. The van der Waals surface area contributed by atoms with Crippen molar-refractivity contribution in [2.45, 2.75) is 6.61 Å². The fourth-order valence-corrected chi connectivity index (χ4v) is 3.46. The Morgan fingerprint density at radius 1 is 1.03 bits per heavy atom. The van der Waals surface area contributed by atoms with Gasteiger partial charge in [0.2, 0.25) is 5.78 Å². The van der Waals surface area contributed by atoms with Crippen LogP contribution in [0, 0.1) is 0 Å². The first kappa shape index (κ1) is 19.4. The molecule has 146 valence electrons. The summed E-state index contributed by atoms with van der Waals surface area (Å²) in [6, 6.07) is 17.8. The highest BCUT2D eigenvalue weighted by Gasteiger charge is 2.28. The topological polar surface area (TPSA) is 44.8 Å². The van der Waals surface area contributed by atoms with E-state index < -0.39 is 0 Å². The lowest BCUT2D eigenvalue weighted by Gasteiger charge is -2.10. The molecule has 0 aromatic heterocycles. The third-order valence-electron chi connectivity index (χ3n) is 4.48. The normalized spacial score (nSPS) is 13.9. The molecule has 1 heterocycles. The Morgan fingerprint density at radius 2 is 1.86 bits per heavy atom. The van der Waals surface area contributed by atoms with Crippen LogP contribution in [0.2, 0.25) is 10.0 Å². The van der Waals surface area contributed by atoms with Crippen LogP contribution in [0.1, 0.15) is 21.5 Å². The van der Waals surface area contributed by atoms with Gasteiger partial charge >= 0.3 is 0 Å². The lowest BCUT2D eigenvalue weighted by atomic mass is 10.1. The lowest BCUT2D eigenvalue weighted by Crippen LogP contribution is -1.99. The highest BCUT2D eigenvalue weighted by molar-refractivity contribution is 6.35. The number of Topliss-reactive ketones (excluding diaryl/α,β-unsaturated/α-hetero) is 1. The number of halogens is 2. The summed E-state index contributed by atoms with van der Waals surface area (Å²) in [5, 5.41) is 0.967. The van der Waals surface area contributed by atoms with E-state index in [4.69, 9.17) is 37.4 Å². The summed E-state index contributed by atoms with van der Waals surface area (Å²) in [5.74, 6) is 1.79. The molecule has 29 heavy (non-hydrogen) atoms. The van der Waals surface area contributed by atoms with Crippen molar-refractivity contribution in [1.29, 1.82) is 0 Å². The van der Waals surface area contributed by atoms with Crippen LogP contribution in [0.5, 0.6) is 17.2 Å². The van der Waals surface area contributed by atoms with Crippen LogP contribution < -0.4 is 14.2 Å². The number of hydrogen-bond acceptors (Lipinski definition) is 4. The number of fused-ring (bicyclic) bond motifs is 1. The van der Waals surface area contributed by atoms with E-state index in [1.165, 1.54) is 0 Å². The van der Waals surface area contributed by atoms with Gasteiger partial charge in [-0.25, -0.2) is 0 Å². The van der Waals surface area contributed by atoms with E-state index in [1.807, 2.05) is 24.3 Å². The quantitative estimate of drug-likeness (QED) is 0.455. The Balaban J connectivity index is 1.53. The Labute approximate surface area is 178 Å². The van der Waals surface area contributed by atoms with Gasteiger partial charge in [0.1, 0.15) is 23.9 Å². The molecule has 6 heteroatoms. The Hall–Kier alpha value is -2.95. The highest BCUT2D eigenvalue weighted by atomic mass is 35.5. The van der Waals surface area contributed by atoms with Gasteiger partial charge in [-0.05, 0) is 42.0 Å². The number of ketones is 1. The van der Waals surface area contributed by atoms with Gasteiger partial charge in [0.25, 0.3) is 0 Å². The average molecular weight is 427 g/mol. The molecule has 4 nitrogen and oxygen atoms in total. The molecular formula is C23H16Cl2O4. The van der Waals surface area contributed by atoms with Crippen LogP contribution in [-0.4, -0.2) is 12.9 Å². The molecule has 0 amide bonds. The second kappa shape index (κ2) is 8.19. The summed E-state index contributed by atoms with van der Waals surface area (Å²) >= 11 is 12.1. The number of hydrogen-bond donors (Lipinski definition) is 0. The Morgan fingerprint density at radius 3 is 2.66 bits per heavy atom. The second-order valence-corrected chi connectivity index (χ2v) is 7.21. The van der Waals surface area contributed by atoms with Crippen LogP contribution in [0.4, 0.5) is 0 Å². The molecule has 3 aromatic rings. The molecule has 1 aliphatic heterocycles. The predicted octanol–water partition coefficient (Wildman–Crippen LogP) is 6.20. The fraction of sp³-hybridized carbons (Fsp3) is 0.0870. The summed E-state index contributed by atoms with van der Waals surface area (Å²) in [6.07, 6.45) is 1.61. The van der Waals surface area contributed by atoms with Crippen molar-refractivity contribution < 1.29 is 19.0 Å². The minimum atomic E-state index is -0.206. The van der Waals surface area contributed by atoms with Gasteiger partial charge < -0.3 is 14.2 Å².